The van der Waals surface area contributed by atoms with Crippen LogP contribution in [0.4, 0.5) is 15.8 Å². The third-order valence-electron chi connectivity index (χ3n) is 2.58. The number of carbonyl (C=O) groups excluding carboxylic acids is 1. The lowest BCUT2D eigenvalue weighted by atomic mass is 10.2. The van der Waals surface area contributed by atoms with Gasteiger partial charge in [-0.25, -0.2) is 4.39 Å². The second-order valence-electron chi connectivity index (χ2n) is 3.83. The maximum absolute atomic E-state index is 13.2. The first-order valence-electron chi connectivity index (χ1n) is 5.23. The van der Waals surface area contributed by atoms with Crippen LogP contribution in [0.3, 0.4) is 0 Å². The minimum atomic E-state index is -0.349. The fourth-order valence-electron chi connectivity index (χ4n) is 1.80. The van der Waals surface area contributed by atoms with Crippen LogP contribution in [-0.2, 0) is 4.79 Å². The fourth-order valence-corrected chi connectivity index (χ4v) is 1.80. The molecule has 1 aromatic rings. The number of rotatable bonds is 1. The highest BCUT2D eigenvalue weighted by Gasteiger charge is 2.14. The quantitative estimate of drug-likeness (QED) is 0.690. The topological polar surface area (TPSA) is 58.4 Å². The Morgan fingerprint density at radius 2 is 2.12 bits per heavy atom. The van der Waals surface area contributed by atoms with Gasteiger partial charge in [0.2, 0.25) is 5.91 Å². The standard InChI is InChI=1S/C11H14FN3O/c12-8-5-9(13)7-10(6-8)15-3-1-11(16)14-2-4-15/h5-7H,1-4,13H2,(H,14,16). The van der Waals surface area contributed by atoms with Crippen LogP contribution in [-0.4, -0.2) is 25.5 Å². The van der Waals surface area contributed by atoms with Gasteiger partial charge < -0.3 is 16.0 Å². The van der Waals surface area contributed by atoms with Gasteiger partial charge in [-0.05, 0) is 18.2 Å². The molecule has 4 nitrogen and oxygen atoms in total. The zero-order valence-corrected chi connectivity index (χ0v) is 8.87. The van der Waals surface area contributed by atoms with Crippen LogP contribution in [0.1, 0.15) is 6.42 Å². The SMILES string of the molecule is Nc1cc(F)cc(N2CCNC(=O)CC2)c1. The highest BCUT2D eigenvalue weighted by atomic mass is 19.1. The molecule has 0 aliphatic carbocycles. The number of anilines is 2. The van der Waals surface area contributed by atoms with E-state index in [4.69, 9.17) is 5.73 Å². The Labute approximate surface area is 93.2 Å². The molecule has 0 saturated carbocycles. The van der Waals surface area contributed by atoms with Crippen molar-refractivity contribution in [2.45, 2.75) is 6.42 Å². The van der Waals surface area contributed by atoms with Crippen molar-refractivity contribution in [2.24, 2.45) is 0 Å². The summed E-state index contributed by atoms with van der Waals surface area (Å²) in [6.45, 7) is 1.85. The molecule has 5 heteroatoms. The van der Waals surface area contributed by atoms with Gasteiger partial charge in [0.1, 0.15) is 5.82 Å². The molecule has 3 N–H and O–H groups in total. The van der Waals surface area contributed by atoms with Crippen molar-refractivity contribution in [1.29, 1.82) is 0 Å². The average molecular weight is 223 g/mol. The number of hydrogen-bond acceptors (Lipinski definition) is 3. The second kappa shape index (κ2) is 4.38. The zero-order valence-electron chi connectivity index (χ0n) is 8.87. The third-order valence-corrected chi connectivity index (χ3v) is 2.58. The van der Waals surface area contributed by atoms with E-state index in [1.807, 2.05) is 4.90 Å². The Morgan fingerprint density at radius 1 is 1.31 bits per heavy atom. The van der Waals surface area contributed by atoms with Gasteiger partial charge in [0, 0.05) is 37.4 Å². The molecule has 16 heavy (non-hydrogen) atoms. The molecule has 1 heterocycles. The summed E-state index contributed by atoms with van der Waals surface area (Å²) in [6, 6.07) is 4.44. The molecule has 1 aliphatic heterocycles. The maximum Gasteiger partial charge on any atom is 0.221 e. The van der Waals surface area contributed by atoms with E-state index in [2.05, 4.69) is 5.32 Å². The normalized spacial score (nSPS) is 16.8. The highest BCUT2D eigenvalue weighted by Crippen LogP contribution is 2.20. The molecule has 1 saturated heterocycles. The molecule has 0 spiro atoms. The highest BCUT2D eigenvalue weighted by molar-refractivity contribution is 5.77. The van der Waals surface area contributed by atoms with E-state index in [0.29, 0.717) is 31.7 Å². The summed E-state index contributed by atoms with van der Waals surface area (Å²) in [7, 11) is 0. The molecule has 1 aromatic carbocycles. The summed E-state index contributed by atoms with van der Waals surface area (Å²) < 4.78 is 13.2. The van der Waals surface area contributed by atoms with E-state index in [-0.39, 0.29) is 11.7 Å². The third kappa shape index (κ3) is 2.42. The van der Waals surface area contributed by atoms with Crippen LogP contribution in [0.25, 0.3) is 0 Å². The molecular formula is C11H14FN3O. The number of amides is 1. The molecule has 2 rings (SSSR count). The summed E-state index contributed by atoms with van der Waals surface area (Å²) in [6.07, 6.45) is 0.427. The van der Waals surface area contributed by atoms with Crippen LogP contribution in [0.15, 0.2) is 18.2 Å². The molecule has 0 radical (unpaired) electrons. The first-order chi connectivity index (χ1) is 7.65. The Morgan fingerprint density at radius 3 is 2.88 bits per heavy atom. The number of nitrogens with two attached hydrogens (primary N) is 1. The van der Waals surface area contributed by atoms with Crippen molar-refractivity contribution in [2.75, 3.05) is 30.3 Å². The summed E-state index contributed by atoms with van der Waals surface area (Å²) in [5.74, 6) is -0.314. The van der Waals surface area contributed by atoms with Crippen LogP contribution in [0.5, 0.6) is 0 Å². The van der Waals surface area contributed by atoms with E-state index in [9.17, 15) is 9.18 Å². The number of nitrogens with one attached hydrogen (secondary N) is 1. The fraction of sp³-hybridized carbons (Fsp3) is 0.364. The van der Waals surface area contributed by atoms with Crippen LogP contribution in [0.2, 0.25) is 0 Å². The van der Waals surface area contributed by atoms with Gasteiger partial charge >= 0.3 is 0 Å². The van der Waals surface area contributed by atoms with E-state index >= 15 is 0 Å². The Hall–Kier alpha value is -1.78. The zero-order chi connectivity index (χ0) is 11.5. The maximum atomic E-state index is 13.2. The van der Waals surface area contributed by atoms with Gasteiger partial charge in [0.05, 0.1) is 0 Å². The van der Waals surface area contributed by atoms with Crippen LogP contribution >= 0.6 is 0 Å². The Bertz CT molecular complexity index is 388. The number of halogens is 1. The lowest BCUT2D eigenvalue weighted by molar-refractivity contribution is -0.120. The van der Waals surface area contributed by atoms with Crippen molar-refractivity contribution >= 4 is 17.3 Å². The first-order valence-corrected chi connectivity index (χ1v) is 5.23. The average Bonchev–Trinajstić information content (AvgIpc) is 2.41. The lowest BCUT2D eigenvalue weighted by Crippen LogP contribution is -2.28. The number of nitrogen functional groups attached to an aromatic ring is 1. The summed E-state index contributed by atoms with van der Waals surface area (Å²) in [4.78, 5) is 13.1. The van der Waals surface area contributed by atoms with Gasteiger partial charge in [-0.3, -0.25) is 4.79 Å². The van der Waals surface area contributed by atoms with Crippen molar-refractivity contribution < 1.29 is 9.18 Å². The molecule has 1 aliphatic rings. The second-order valence-corrected chi connectivity index (χ2v) is 3.83. The van der Waals surface area contributed by atoms with Gasteiger partial charge in [-0.1, -0.05) is 0 Å². The first kappa shape index (κ1) is 10.7. The predicted octanol–water partition coefficient (Wildman–Crippen LogP) is 0.734. The number of hydrogen-bond donors (Lipinski definition) is 2. The number of benzene rings is 1. The Kier molecular flexibility index (Phi) is 2.94. The van der Waals surface area contributed by atoms with Gasteiger partial charge in [-0.15, -0.1) is 0 Å². The van der Waals surface area contributed by atoms with Gasteiger partial charge in [0.15, 0.2) is 0 Å². The van der Waals surface area contributed by atoms with Crippen molar-refractivity contribution in [1.82, 2.24) is 5.32 Å². The van der Waals surface area contributed by atoms with Crippen molar-refractivity contribution in [3.63, 3.8) is 0 Å². The minimum absolute atomic E-state index is 0.0341. The Balaban J connectivity index is 2.19. The largest absolute Gasteiger partial charge is 0.399 e. The van der Waals surface area contributed by atoms with E-state index < -0.39 is 0 Å². The monoisotopic (exact) mass is 223 g/mol. The molecule has 86 valence electrons. The summed E-state index contributed by atoms with van der Waals surface area (Å²) >= 11 is 0. The number of carbonyl (C=O) groups is 1. The van der Waals surface area contributed by atoms with E-state index in [1.54, 1.807) is 6.07 Å². The summed E-state index contributed by atoms with van der Waals surface area (Å²) in [5, 5.41) is 2.77. The predicted molar refractivity (Wildman–Crippen MR) is 60.7 cm³/mol. The minimum Gasteiger partial charge on any atom is -0.399 e. The van der Waals surface area contributed by atoms with Crippen molar-refractivity contribution in [3.8, 4) is 0 Å². The van der Waals surface area contributed by atoms with Crippen LogP contribution in [0, 0.1) is 5.82 Å². The van der Waals surface area contributed by atoms with Gasteiger partial charge in [-0.2, -0.15) is 0 Å². The molecular weight excluding hydrogens is 209 g/mol. The lowest BCUT2D eigenvalue weighted by Gasteiger charge is -2.22. The van der Waals surface area contributed by atoms with Gasteiger partial charge in [0.25, 0.3) is 0 Å². The summed E-state index contributed by atoms with van der Waals surface area (Å²) in [5.41, 5.74) is 6.72. The molecule has 0 atom stereocenters. The van der Waals surface area contributed by atoms with Crippen LogP contribution < -0.4 is 16.0 Å². The molecule has 0 aromatic heterocycles. The van der Waals surface area contributed by atoms with E-state index in [1.165, 1.54) is 12.1 Å². The number of nitrogens with zero attached hydrogens (tertiary/aromatic N) is 1. The molecule has 0 unspecified atom stereocenters. The smallest absolute Gasteiger partial charge is 0.221 e. The van der Waals surface area contributed by atoms with E-state index in [0.717, 1.165) is 5.69 Å². The van der Waals surface area contributed by atoms with Crippen molar-refractivity contribution in [3.05, 3.63) is 24.0 Å². The molecule has 0 bridgehead atoms. The molecule has 1 fully saturated rings. The molecule has 1 amide bonds.